The minimum atomic E-state index is -3.47. The second-order valence-electron chi connectivity index (χ2n) is 4.52. The van der Waals surface area contributed by atoms with Crippen molar-refractivity contribution in [2.75, 3.05) is 19.1 Å². The minimum Gasteiger partial charge on any atom is -0.471 e. The third kappa shape index (κ3) is 3.97. The molecule has 2 rings (SSSR count). The molecular formula is C13H17NO4S2. The van der Waals surface area contributed by atoms with Gasteiger partial charge in [0, 0.05) is 11.8 Å². The van der Waals surface area contributed by atoms with Gasteiger partial charge in [-0.1, -0.05) is 12.1 Å². The third-order valence-electron chi connectivity index (χ3n) is 2.89. The smallest absolute Gasteiger partial charge is 0.264 e. The van der Waals surface area contributed by atoms with E-state index in [2.05, 4.69) is 4.99 Å². The zero-order chi connectivity index (χ0) is 14.8. The van der Waals surface area contributed by atoms with E-state index >= 15 is 0 Å². The normalized spacial score (nSPS) is 22.4. The van der Waals surface area contributed by atoms with Gasteiger partial charge in [-0.25, -0.2) is 4.99 Å². The van der Waals surface area contributed by atoms with E-state index < -0.39 is 10.1 Å². The Labute approximate surface area is 123 Å². The van der Waals surface area contributed by atoms with Crippen molar-refractivity contribution >= 4 is 27.8 Å². The van der Waals surface area contributed by atoms with Crippen LogP contribution in [0.4, 0.5) is 0 Å². The van der Waals surface area contributed by atoms with Gasteiger partial charge in [0.2, 0.25) is 0 Å². The molecule has 1 aliphatic heterocycles. The summed E-state index contributed by atoms with van der Waals surface area (Å²) in [5.41, 5.74) is 0.963. The van der Waals surface area contributed by atoms with Crippen molar-refractivity contribution in [3.63, 3.8) is 0 Å². The third-order valence-corrected chi connectivity index (χ3v) is 4.20. The van der Waals surface area contributed by atoms with Crippen LogP contribution in [-0.4, -0.2) is 39.5 Å². The quantitative estimate of drug-likeness (QED) is 0.616. The summed E-state index contributed by atoms with van der Waals surface area (Å²) in [5, 5.41) is 0. The van der Waals surface area contributed by atoms with E-state index in [4.69, 9.17) is 8.92 Å². The van der Waals surface area contributed by atoms with Gasteiger partial charge in [-0.15, -0.1) is 11.8 Å². The van der Waals surface area contributed by atoms with Gasteiger partial charge in [-0.05, 0) is 24.0 Å². The van der Waals surface area contributed by atoms with Crippen molar-refractivity contribution in [1.82, 2.24) is 0 Å². The molecule has 2 atom stereocenters. The Morgan fingerprint density at radius 2 is 2.00 bits per heavy atom. The molecule has 110 valence electrons. The van der Waals surface area contributed by atoms with Crippen molar-refractivity contribution in [1.29, 1.82) is 0 Å². The molecule has 1 heterocycles. The van der Waals surface area contributed by atoms with Crippen LogP contribution in [0, 0.1) is 0 Å². The number of thioether (sulfide) groups is 1. The first-order chi connectivity index (χ1) is 9.39. The Morgan fingerprint density at radius 3 is 2.55 bits per heavy atom. The highest BCUT2D eigenvalue weighted by Crippen LogP contribution is 2.30. The Balaban J connectivity index is 2.12. The molecular weight excluding hydrogens is 298 g/mol. The van der Waals surface area contributed by atoms with Crippen LogP contribution < -0.4 is 0 Å². The maximum absolute atomic E-state index is 11.1. The number of nitrogens with zero attached hydrogens (tertiary/aromatic N) is 1. The van der Waals surface area contributed by atoms with E-state index in [1.807, 2.05) is 30.5 Å². The molecule has 0 bridgehead atoms. The van der Waals surface area contributed by atoms with Gasteiger partial charge in [0.1, 0.15) is 12.1 Å². The molecule has 0 saturated heterocycles. The standard InChI is InChI=1S/C13H17NO4S2/c1-9-14-12(8-17-20(3,15)16)13(18-9)10-4-6-11(19-2)7-5-10/h4-7,12-13H,8H2,1-3H3/t12-,13-/m0/s1. The number of benzene rings is 1. The second-order valence-corrected chi connectivity index (χ2v) is 7.04. The lowest BCUT2D eigenvalue weighted by Crippen LogP contribution is -2.22. The Hall–Kier alpha value is -1.05. The monoisotopic (exact) mass is 315 g/mol. The predicted molar refractivity (Wildman–Crippen MR) is 79.7 cm³/mol. The predicted octanol–water partition coefficient (Wildman–Crippen LogP) is 2.24. The van der Waals surface area contributed by atoms with E-state index in [0.29, 0.717) is 5.90 Å². The molecule has 0 radical (unpaired) electrons. The summed E-state index contributed by atoms with van der Waals surface area (Å²) in [5.74, 6) is 0.547. The van der Waals surface area contributed by atoms with Crippen molar-refractivity contribution < 1.29 is 17.3 Å². The Bertz CT molecular complexity index is 595. The fourth-order valence-corrected chi connectivity index (χ4v) is 2.79. The summed E-state index contributed by atoms with van der Waals surface area (Å²) in [7, 11) is -3.47. The SMILES string of the molecule is CSc1ccc([C@@H]2OC(C)=N[C@H]2COS(C)(=O)=O)cc1. The van der Waals surface area contributed by atoms with Crippen molar-refractivity contribution in [2.45, 2.75) is 24.0 Å². The van der Waals surface area contributed by atoms with E-state index in [-0.39, 0.29) is 18.8 Å². The lowest BCUT2D eigenvalue weighted by atomic mass is 10.0. The first kappa shape index (κ1) is 15.3. The van der Waals surface area contributed by atoms with Gasteiger partial charge in [0.15, 0.2) is 5.90 Å². The van der Waals surface area contributed by atoms with Gasteiger partial charge < -0.3 is 4.74 Å². The van der Waals surface area contributed by atoms with E-state index in [9.17, 15) is 8.42 Å². The molecule has 0 amide bonds. The van der Waals surface area contributed by atoms with Crippen LogP contribution in [0.25, 0.3) is 0 Å². The van der Waals surface area contributed by atoms with Crippen molar-refractivity contribution in [2.24, 2.45) is 4.99 Å². The molecule has 0 saturated carbocycles. The average Bonchev–Trinajstić information content (AvgIpc) is 2.77. The van der Waals surface area contributed by atoms with Crippen LogP contribution in [0.1, 0.15) is 18.6 Å². The summed E-state index contributed by atoms with van der Waals surface area (Å²) in [6, 6.07) is 7.61. The molecule has 0 aliphatic carbocycles. The summed E-state index contributed by atoms with van der Waals surface area (Å²) in [6.07, 6.45) is 2.74. The number of hydrogen-bond acceptors (Lipinski definition) is 6. The zero-order valence-electron chi connectivity index (χ0n) is 11.6. The summed E-state index contributed by atoms with van der Waals surface area (Å²) in [6.45, 7) is 1.74. The molecule has 0 aromatic heterocycles. The molecule has 1 aromatic rings. The molecule has 0 fully saturated rings. The molecule has 0 spiro atoms. The fraction of sp³-hybridized carbons (Fsp3) is 0.462. The van der Waals surface area contributed by atoms with E-state index in [0.717, 1.165) is 16.7 Å². The lowest BCUT2D eigenvalue weighted by molar-refractivity contribution is 0.161. The van der Waals surface area contributed by atoms with Crippen LogP contribution in [0.3, 0.4) is 0 Å². The number of rotatable bonds is 5. The summed E-state index contributed by atoms with van der Waals surface area (Å²) in [4.78, 5) is 5.45. The number of ether oxygens (including phenoxy) is 1. The van der Waals surface area contributed by atoms with Crippen LogP contribution in [0.5, 0.6) is 0 Å². The topological polar surface area (TPSA) is 65.0 Å². The van der Waals surface area contributed by atoms with Crippen LogP contribution in [0.2, 0.25) is 0 Å². The number of hydrogen-bond donors (Lipinski definition) is 0. The van der Waals surface area contributed by atoms with Gasteiger partial charge in [0.05, 0.1) is 12.9 Å². The largest absolute Gasteiger partial charge is 0.471 e. The molecule has 20 heavy (non-hydrogen) atoms. The zero-order valence-corrected chi connectivity index (χ0v) is 13.2. The second kappa shape index (κ2) is 6.15. The molecule has 7 heteroatoms. The fourth-order valence-electron chi connectivity index (χ4n) is 2.00. The van der Waals surface area contributed by atoms with E-state index in [1.54, 1.807) is 18.7 Å². The van der Waals surface area contributed by atoms with Crippen molar-refractivity contribution in [3.8, 4) is 0 Å². The molecule has 0 unspecified atom stereocenters. The van der Waals surface area contributed by atoms with Gasteiger partial charge >= 0.3 is 0 Å². The lowest BCUT2D eigenvalue weighted by Gasteiger charge is -2.17. The van der Waals surface area contributed by atoms with Crippen LogP contribution in [-0.2, 0) is 19.0 Å². The Kier molecular flexibility index (Phi) is 4.72. The average molecular weight is 315 g/mol. The maximum atomic E-state index is 11.1. The Morgan fingerprint density at radius 1 is 1.35 bits per heavy atom. The minimum absolute atomic E-state index is 0.00881. The van der Waals surface area contributed by atoms with Crippen LogP contribution in [0.15, 0.2) is 34.2 Å². The summed E-state index contributed by atoms with van der Waals surface area (Å²) < 4.78 is 32.7. The maximum Gasteiger partial charge on any atom is 0.264 e. The highest BCUT2D eigenvalue weighted by atomic mass is 32.2. The first-order valence-electron chi connectivity index (χ1n) is 6.08. The molecule has 0 N–H and O–H groups in total. The van der Waals surface area contributed by atoms with E-state index in [1.165, 1.54) is 0 Å². The molecule has 1 aromatic carbocycles. The highest BCUT2D eigenvalue weighted by molar-refractivity contribution is 7.98. The van der Waals surface area contributed by atoms with Crippen molar-refractivity contribution in [3.05, 3.63) is 29.8 Å². The molecule has 1 aliphatic rings. The van der Waals surface area contributed by atoms with Crippen LogP contribution >= 0.6 is 11.8 Å². The molecule has 5 nitrogen and oxygen atoms in total. The van der Waals surface area contributed by atoms with Gasteiger partial charge in [0.25, 0.3) is 10.1 Å². The number of aliphatic imine (C=N–C) groups is 1. The first-order valence-corrected chi connectivity index (χ1v) is 9.12. The summed E-state index contributed by atoms with van der Waals surface area (Å²) >= 11 is 1.66. The highest BCUT2D eigenvalue weighted by Gasteiger charge is 2.31. The van der Waals surface area contributed by atoms with Gasteiger partial charge in [-0.2, -0.15) is 8.42 Å². The van der Waals surface area contributed by atoms with Gasteiger partial charge in [-0.3, -0.25) is 4.18 Å².